The third kappa shape index (κ3) is 4.15. The summed E-state index contributed by atoms with van der Waals surface area (Å²) in [6.45, 7) is -1.63. The van der Waals surface area contributed by atoms with Crippen molar-refractivity contribution in [1.82, 2.24) is 14.0 Å². The molecule has 3 atom stereocenters. The van der Waals surface area contributed by atoms with Crippen molar-refractivity contribution in [2.24, 2.45) is 11.8 Å². The standard InChI is InChI=1S/C25H23F4N3O2S2/c26-21-7-3-15(4-8-21)22-12-30-23(35-22)17-2-1-16-10-19-5-6-20(11-18(16)9-17)24(19)13-32(14-25(27,28)29)36(33,34)31-24/h1-4,7-9,12,19-20,31H,5-6,10-11,13-14H2/t19-,20+,24+/m0/s1. The zero-order valence-corrected chi connectivity index (χ0v) is 20.7. The zero-order chi connectivity index (χ0) is 25.3. The van der Waals surface area contributed by atoms with Crippen LogP contribution in [0.5, 0.6) is 0 Å². The van der Waals surface area contributed by atoms with Crippen LogP contribution in [-0.2, 0) is 23.1 Å². The van der Waals surface area contributed by atoms with E-state index in [1.165, 1.54) is 23.5 Å². The molecule has 5 nitrogen and oxygen atoms in total. The summed E-state index contributed by atoms with van der Waals surface area (Å²) in [6.07, 6.45) is -0.0728. The molecule has 11 heteroatoms. The van der Waals surface area contributed by atoms with Gasteiger partial charge < -0.3 is 0 Å². The Morgan fingerprint density at radius 2 is 1.69 bits per heavy atom. The number of nitrogens with zero attached hydrogens (tertiary/aromatic N) is 2. The van der Waals surface area contributed by atoms with E-state index in [9.17, 15) is 26.0 Å². The van der Waals surface area contributed by atoms with Gasteiger partial charge in [0.25, 0.3) is 10.2 Å². The molecule has 2 heterocycles. The van der Waals surface area contributed by atoms with Gasteiger partial charge in [-0.1, -0.05) is 24.3 Å². The van der Waals surface area contributed by atoms with E-state index in [4.69, 9.17) is 0 Å². The molecule has 2 fully saturated rings. The maximum atomic E-state index is 13.3. The van der Waals surface area contributed by atoms with Crippen LogP contribution in [0.25, 0.3) is 21.0 Å². The summed E-state index contributed by atoms with van der Waals surface area (Å²) >= 11 is 1.50. The van der Waals surface area contributed by atoms with E-state index in [-0.39, 0.29) is 24.2 Å². The monoisotopic (exact) mass is 537 g/mol. The van der Waals surface area contributed by atoms with Crippen molar-refractivity contribution in [3.63, 3.8) is 0 Å². The largest absolute Gasteiger partial charge is 0.402 e. The first-order valence-electron chi connectivity index (χ1n) is 11.7. The number of alkyl halides is 3. The normalized spacial score (nSPS) is 27.3. The molecule has 1 saturated heterocycles. The van der Waals surface area contributed by atoms with Crippen LogP contribution < -0.4 is 4.72 Å². The van der Waals surface area contributed by atoms with Crippen molar-refractivity contribution in [3.05, 3.63) is 65.6 Å². The Balaban J connectivity index is 1.29. The smallest absolute Gasteiger partial charge is 0.244 e. The lowest BCUT2D eigenvalue weighted by molar-refractivity contribution is -0.136. The van der Waals surface area contributed by atoms with Crippen molar-refractivity contribution in [3.8, 4) is 21.0 Å². The summed E-state index contributed by atoms with van der Waals surface area (Å²) in [5.41, 5.74) is 3.12. The highest BCUT2D eigenvalue weighted by atomic mass is 32.2. The van der Waals surface area contributed by atoms with E-state index in [0.717, 1.165) is 45.0 Å². The number of fused-ring (bicyclic) bond motifs is 1. The second-order valence-electron chi connectivity index (χ2n) is 9.93. The van der Waals surface area contributed by atoms with Crippen LogP contribution in [0.2, 0.25) is 0 Å². The van der Waals surface area contributed by atoms with E-state index in [0.29, 0.717) is 17.1 Å². The first-order chi connectivity index (χ1) is 17.0. The van der Waals surface area contributed by atoms with Crippen LogP contribution in [0.15, 0.2) is 48.7 Å². The fourth-order valence-corrected chi connectivity index (χ4v) is 8.76. The molecule has 1 spiro atoms. The maximum absolute atomic E-state index is 13.3. The Morgan fingerprint density at radius 3 is 2.39 bits per heavy atom. The number of hydrogen-bond donors (Lipinski definition) is 1. The molecule has 1 aliphatic heterocycles. The minimum Gasteiger partial charge on any atom is -0.244 e. The summed E-state index contributed by atoms with van der Waals surface area (Å²) in [5.74, 6) is -0.446. The Morgan fingerprint density at radius 1 is 1.03 bits per heavy atom. The average Bonchev–Trinajstić information content (AvgIpc) is 3.43. The SMILES string of the molecule is O=S1(=O)N[C@@]2(CN1CC(F)(F)F)[C@@H]1CC[C@H]2Cc2ccc(-c3ncc(-c4ccc(F)cc4)s3)cc2C1. The van der Waals surface area contributed by atoms with Gasteiger partial charge in [-0.05, 0) is 72.4 Å². The highest BCUT2D eigenvalue weighted by Gasteiger charge is 2.60. The summed E-state index contributed by atoms with van der Waals surface area (Å²) in [6, 6.07) is 12.4. The number of rotatable bonds is 3. The fourth-order valence-electron chi connectivity index (χ4n) is 6.13. The summed E-state index contributed by atoms with van der Waals surface area (Å²) < 4.78 is 81.2. The molecular formula is C25H23F4N3O2S2. The topological polar surface area (TPSA) is 62.3 Å². The third-order valence-corrected chi connectivity index (χ3v) is 10.5. The van der Waals surface area contributed by atoms with E-state index < -0.39 is 28.5 Å². The highest BCUT2D eigenvalue weighted by Crippen LogP contribution is 2.51. The molecule has 2 aromatic carbocycles. The van der Waals surface area contributed by atoms with Crippen LogP contribution >= 0.6 is 11.3 Å². The van der Waals surface area contributed by atoms with Crippen molar-refractivity contribution in [2.75, 3.05) is 13.1 Å². The number of benzene rings is 2. The second-order valence-corrected chi connectivity index (χ2v) is 12.6. The van der Waals surface area contributed by atoms with E-state index in [1.807, 2.05) is 12.1 Å². The third-order valence-electron chi connectivity index (χ3n) is 7.79. The number of halogens is 4. The predicted molar refractivity (Wildman–Crippen MR) is 129 cm³/mol. The molecule has 0 radical (unpaired) electrons. The van der Waals surface area contributed by atoms with Crippen molar-refractivity contribution in [2.45, 2.75) is 37.4 Å². The Labute approximate surface area is 210 Å². The number of thiazole rings is 1. The van der Waals surface area contributed by atoms with Gasteiger partial charge in [-0.25, -0.2) is 9.37 Å². The summed E-state index contributed by atoms with van der Waals surface area (Å²) in [7, 11) is -4.20. The molecular weight excluding hydrogens is 514 g/mol. The van der Waals surface area contributed by atoms with Gasteiger partial charge in [-0.3, -0.25) is 0 Å². The zero-order valence-electron chi connectivity index (χ0n) is 19.1. The molecule has 1 saturated carbocycles. The van der Waals surface area contributed by atoms with Crippen LogP contribution in [0.1, 0.15) is 24.0 Å². The summed E-state index contributed by atoms with van der Waals surface area (Å²) in [5, 5.41) is 0.819. The molecule has 1 N–H and O–H groups in total. The highest BCUT2D eigenvalue weighted by molar-refractivity contribution is 7.87. The lowest BCUT2D eigenvalue weighted by Gasteiger charge is -2.33. The van der Waals surface area contributed by atoms with Gasteiger partial charge in [0.15, 0.2) is 0 Å². The van der Waals surface area contributed by atoms with Crippen LogP contribution in [0.3, 0.4) is 0 Å². The van der Waals surface area contributed by atoms with Gasteiger partial charge in [0, 0.05) is 18.3 Å². The first-order valence-corrected chi connectivity index (χ1v) is 14.0. The van der Waals surface area contributed by atoms with Crippen molar-refractivity contribution in [1.29, 1.82) is 0 Å². The van der Waals surface area contributed by atoms with Gasteiger partial charge in [-0.15, -0.1) is 11.3 Å². The molecule has 36 heavy (non-hydrogen) atoms. The molecule has 3 aliphatic rings. The molecule has 0 amide bonds. The average molecular weight is 538 g/mol. The fraction of sp³-hybridized carbons (Fsp3) is 0.400. The van der Waals surface area contributed by atoms with Crippen molar-refractivity contribution >= 4 is 21.5 Å². The molecule has 190 valence electrons. The number of nitrogens with one attached hydrogen (secondary N) is 1. The molecule has 3 aromatic rings. The summed E-state index contributed by atoms with van der Waals surface area (Å²) in [4.78, 5) is 5.48. The van der Waals surface area contributed by atoms with Gasteiger partial charge in [-0.2, -0.15) is 30.6 Å². The Kier molecular flexibility index (Phi) is 5.56. The maximum Gasteiger partial charge on any atom is 0.402 e. The van der Waals surface area contributed by atoms with Gasteiger partial charge >= 0.3 is 6.18 Å². The molecule has 2 aliphatic carbocycles. The molecule has 1 aromatic heterocycles. The van der Waals surface area contributed by atoms with Crippen LogP contribution in [0, 0.1) is 17.7 Å². The molecule has 6 rings (SSSR count). The Hall–Kier alpha value is -2.34. The first kappa shape index (κ1) is 24.0. The predicted octanol–water partition coefficient (Wildman–Crippen LogP) is 5.19. The van der Waals surface area contributed by atoms with Crippen LogP contribution in [0.4, 0.5) is 17.6 Å². The number of hydrogen-bond acceptors (Lipinski definition) is 4. The lowest BCUT2D eigenvalue weighted by Crippen LogP contribution is -2.52. The minimum absolute atomic E-state index is 0.0625. The molecule has 2 bridgehead atoms. The minimum atomic E-state index is -4.59. The molecule has 0 unspecified atom stereocenters. The van der Waals surface area contributed by atoms with Gasteiger partial charge in [0.1, 0.15) is 17.4 Å². The second kappa shape index (κ2) is 8.34. The van der Waals surface area contributed by atoms with Gasteiger partial charge in [0.05, 0.1) is 10.4 Å². The van der Waals surface area contributed by atoms with Crippen LogP contribution in [-0.4, -0.2) is 42.5 Å². The van der Waals surface area contributed by atoms with E-state index >= 15 is 0 Å². The Bertz CT molecular complexity index is 1420. The lowest BCUT2D eigenvalue weighted by atomic mass is 9.79. The van der Waals surface area contributed by atoms with Crippen molar-refractivity contribution < 1.29 is 26.0 Å². The quantitative estimate of drug-likeness (QED) is 0.468. The van der Waals surface area contributed by atoms with E-state index in [1.54, 1.807) is 18.3 Å². The number of aromatic nitrogens is 1. The van der Waals surface area contributed by atoms with E-state index in [2.05, 4.69) is 15.8 Å². The van der Waals surface area contributed by atoms with Gasteiger partial charge in [0.2, 0.25) is 0 Å².